The molecule has 182 valence electrons. The lowest BCUT2D eigenvalue weighted by molar-refractivity contribution is -0.121. The van der Waals surface area contributed by atoms with Crippen LogP contribution in [-0.2, 0) is 24.2 Å². The number of aryl methyl sites for hydroxylation is 2. The van der Waals surface area contributed by atoms with E-state index >= 15 is 0 Å². The Morgan fingerprint density at radius 3 is 2.51 bits per heavy atom. The average molecular weight is 470 g/mol. The van der Waals surface area contributed by atoms with Crippen molar-refractivity contribution in [3.05, 3.63) is 95.8 Å². The SMILES string of the molecule is CC(C)c1ccccc1OCCn1c(CCCNC(=O)CCc2ccccc2)nc2ccccc21. The molecule has 0 unspecified atom stereocenters. The zero-order chi connectivity index (χ0) is 24.5. The fraction of sp³-hybridized carbons (Fsp3) is 0.333. The Bertz CT molecular complexity index is 1230. The van der Waals surface area contributed by atoms with Gasteiger partial charge >= 0.3 is 0 Å². The second-order valence-electron chi connectivity index (χ2n) is 9.15. The summed E-state index contributed by atoms with van der Waals surface area (Å²) in [4.78, 5) is 17.1. The van der Waals surface area contributed by atoms with Gasteiger partial charge in [0.05, 0.1) is 17.6 Å². The van der Waals surface area contributed by atoms with E-state index in [2.05, 4.69) is 60.1 Å². The number of rotatable bonds is 12. The van der Waals surface area contributed by atoms with Crippen molar-refractivity contribution in [1.82, 2.24) is 14.9 Å². The summed E-state index contributed by atoms with van der Waals surface area (Å²) in [5, 5.41) is 3.06. The van der Waals surface area contributed by atoms with Gasteiger partial charge in [-0.1, -0.05) is 74.5 Å². The normalized spacial score (nSPS) is 11.2. The molecular formula is C30H35N3O2. The Hall–Kier alpha value is -3.60. The molecule has 5 nitrogen and oxygen atoms in total. The van der Waals surface area contributed by atoms with Gasteiger partial charge in [-0.15, -0.1) is 0 Å². The molecule has 35 heavy (non-hydrogen) atoms. The highest BCUT2D eigenvalue weighted by atomic mass is 16.5. The third-order valence-corrected chi connectivity index (χ3v) is 6.23. The molecule has 0 fully saturated rings. The Kier molecular flexibility index (Phi) is 8.55. The molecule has 1 aromatic heterocycles. The molecule has 0 aliphatic rings. The molecule has 3 aromatic carbocycles. The standard InChI is InChI=1S/C30H35N3O2/c1-23(2)25-13-6-9-16-28(25)35-22-21-33-27-15-8-7-14-26(27)32-29(33)17-10-20-31-30(34)19-18-24-11-4-3-5-12-24/h3-9,11-16,23H,10,17-22H2,1-2H3,(H,31,34). The predicted molar refractivity (Wildman–Crippen MR) is 142 cm³/mol. The first-order valence-corrected chi connectivity index (χ1v) is 12.6. The van der Waals surface area contributed by atoms with E-state index in [0.29, 0.717) is 25.5 Å². The van der Waals surface area contributed by atoms with Crippen LogP contribution in [-0.4, -0.2) is 28.6 Å². The summed E-state index contributed by atoms with van der Waals surface area (Å²) in [7, 11) is 0. The van der Waals surface area contributed by atoms with Crippen LogP contribution >= 0.6 is 0 Å². The summed E-state index contributed by atoms with van der Waals surface area (Å²) in [6, 6.07) is 26.6. The van der Waals surface area contributed by atoms with Gasteiger partial charge in [-0.3, -0.25) is 4.79 Å². The number of fused-ring (bicyclic) bond motifs is 1. The van der Waals surface area contributed by atoms with E-state index in [1.54, 1.807) is 0 Å². The number of carbonyl (C=O) groups excluding carboxylic acids is 1. The predicted octanol–water partition coefficient (Wildman–Crippen LogP) is 5.92. The first kappa shape index (κ1) is 24.5. The Morgan fingerprint density at radius 1 is 0.943 bits per heavy atom. The molecule has 0 aliphatic heterocycles. The van der Waals surface area contributed by atoms with Gasteiger partial charge in [-0.05, 0) is 48.1 Å². The topological polar surface area (TPSA) is 56.1 Å². The molecule has 1 amide bonds. The van der Waals surface area contributed by atoms with E-state index in [9.17, 15) is 4.79 Å². The van der Waals surface area contributed by atoms with Gasteiger partial charge in [0.2, 0.25) is 5.91 Å². The summed E-state index contributed by atoms with van der Waals surface area (Å²) in [5.74, 6) is 2.50. The molecule has 5 heteroatoms. The van der Waals surface area contributed by atoms with Gasteiger partial charge in [0.1, 0.15) is 18.2 Å². The molecular weight excluding hydrogens is 434 g/mol. The number of aromatic nitrogens is 2. The minimum Gasteiger partial charge on any atom is -0.491 e. The monoisotopic (exact) mass is 469 g/mol. The number of ether oxygens (including phenoxy) is 1. The maximum atomic E-state index is 12.2. The first-order chi connectivity index (χ1) is 17.1. The number of imidazole rings is 1. The second-order valence-corrected chi connectivity index (χ2v) is 9.15. The highest BCUT2D eigenvalue weighted by Gasteiger charge is 2.12. The summed E-state index contributed by atoms with van der Waals surface area (Å²) in [6.45, 7) is 6.32. The van der Waals surface area contributed by atoms with Crippen LogP contribution in [0, 0.1) is 0 Å². The fourth-order valence-electron chi connectivity index (χ4n) is 4.37. The number of nitrogens with one attached hydrogen (secondary N) is 1. The van der Waals surface area contributed by atoms with E-state index in [4.69, 9.17) is 9.72 Å². The highest BCUT2D eigenvalue weighted by Crippen LogP contribution is 2.26. The van der Waals surface area contributed by atoms with E-state index in [0.717, 1.165) is 48.4 Å². The Balaban J connectivity index is 1.31. The highest BCUT2D eigenvalue weighted by molar-refractivity contribution is 5.76. The van der Waals surface area contributed by atoms with Crippen molar-refractivity contribution in [2.75, 3.05) is 13.2 Å². The summed E-state index contributed by atoms with van der Waals surface area (Å²) < 4.78 is 8.45. The van der Waals surface area contributed by atoms with Crippen LogP contribution in [0.25, 0.3) is 11.0 Å². The number of para-hydroxylation sites is 3. The van der Waals surface area contributed by atoms with Crippen LogP contribution in [0.5, 0.6) is 5.75 Å². The number of hydrogen-bond donors (Lipinski definition) is 1. The smallest absolute Gasteiger partial charge is 0.220 e. The fourth-order valence-corrected chi connectivity index (χ4v) is 4.37. The van der Waals surface area contributed by atoms with Gasteiger partial charge in [-0.25, -0.2) is 4.98 Å². The zero-order valence-corrected chi connectivity index (χ0v) is 20.7. The summed E-state index contributed by atoms with van der Waals surface area (Å²) in [5.41, 5.74) is 4.54. The van der Waals surface area contributed by atoms with Crippen LogP contribution in [0.1, 0.15) is 49.6 Å². The van der Waals surface area contributed by atoms with Gasteiger partial charge < -0.3 is 14.6 Å². The van der Waals surface area contributed by atoms with Crippen molar-refractivity contribution in [1.29, 1.82) is 0 Å². The van der Waals surface area contributed by atoms with Crippen molar-refractivity contribution in [3.8, 4) is 5.75 Å². The summed E-state index contributed by atoms with van der Waals surface area (Å²) in [6.07, 6.45) is 2.92. The molecule has 0 atom stereocenters. The molecule has 0 saturated heterocycles. The molecule has 1 N–H and O–H groups in total. The third-order valence-electron chi connectivity index (χ3n) is 6.23. The van der Waals surface area contributed by atoms with Crippen molar-refractivity contribution < 1.29 is 9.53 Å². The number of amides is 1. The van der Waals surface area contributed by atoms with Gasteiger partial charge in [0.25, 0.3) is 0 Å². The van der Waals surface area contributed by atoms with Crippen LogP contribution < -0.4 is 10.1 Å². The van der Waals surface area contributed by atoms with Crippen LogP contribution in [0.4, 0.5) is 0 Å². The summed E-state index contributed by atoms with van der Waals surface area (Å²) >= 11 is 0. The number of nitrogens with zero attached hydrogens (tertiary/aromatic N) is 2. The largest absolute Gasteiger partial charge is 0.491 e. The molecule has 0 aliphatic carbocycles. The number of hydrogen-bond acceptors (Lipinski definition) is 3. The second kappa shape index (κ2) is 12.2. The maximum absolute atomic E-state index is 12.2. The molecule has 0 saturated carbocycles. The number of carbonyl (C=O) groups is 1. The Morgan fingerprint density at radius 2 is 1.69 bits per heavy atom. The zero-order valence-electron chi connectivity index (χ0n) is 20.7. The quantitative estimate of drug-likeness (QED) is 0.262. The number of benzene rings is 3. The van der Waals surface area contributed by atoms with Gasteiger partial charge in [-0.2, -0.15) is 0 Å². The van der Waals surface area contributed by atoms with Crippen LogP contribution in [0.15, 0.2) is 78.9 Å². The van der Waals surface area contributed by atoms with E-state index in [-0.39, 0.29) is 5.91 Å². The van der Waals surface area contributed by atoms with Crippen molar-refractivity contribution in [2.24, 2.45) is 0 Å². The average Bonchev–Trinajstić information content (AvgIpc) is 3.23. The van der Waals surface area contributed by atoms with Crippen molar-refractivity contribution >= 4 is 16.9 Å². The molecule has 1 heterocycles. The first-order valence-electron chi connectivity index (χ1n) is 12.6. The lowest BCUT2D eigenvalue weighted by atomic mass is 10.0. The van der Waals surface area contributed by atoms with Gasteiger partial charge in [0, 0.05) is 19.4 Å². The lowest BCUT2D eigenvalue weighted by Crippen LogP contribution is -2.25. The minimum atomic E-state index is 0.0968. The van der Waals surface area contributed by atoms with Crippen LogP contribution in [0.3, 0.4) is 0 Å². The molecule has 4 rings (SSSR count). The van der Waals surface area contributed by atoms with E-state index in [1.807, 2.05) is 42.5 Å². The van der Waals surface area contributed by atoms with E-state index in [1.165, 1.54) is 11.1 Å². The third kappa shape index (κ3) is 6.72. The minimum absolute atomic E-state index is 0.0968. The van der Waals surface area contributed by atoms with Crippen molar-refractivity contribution in [2.45, 2.75) is 52.0 Å². The molecule has 0 bridgehead atoms. The van der Waals surface area contributed by atoms with Crippen molar-refractivity contribution in [3.63, 3.8) is 0 Å². The van der Waals surface area contributed by atoms with Crippen LogP contribution in [0.2, 0.25) is 0 Å². The lowest BCUT2D eigenvalue weighted by Gasteiger charge is -2.15. The van der Waals surface area contributed by atoms with E-state index < -0.39 is 0 Å². The Labute approximate surface area is 208 Å². The maximum Gasteiger partial charge on any atom is 0.220 e. The molecule has 0 radical (unpaired) electrons. The molecule has 0 spiro atoms. The van der Waals surface area contributed by atoms with Gasteiger partial charge in [0.15, 0.2) is 0 Å². The molecule has 4 aromatic rings.